The summed E-state index contributed by atoms with van der Waals surface area (Å²) in [7, 11) is 0. The second-order valence-corrected chi connectivity index (χ2v) is 4.52. The summed E-state index contributed by atoms with van der Waals surface area (Å²) in [5.74, 6) is 0. The Labute approximate surface area is 99.2 Å². The number of nitrogens with one attached hydrogen (secondary N) is 1. The van der Waals surface area contributed by atoms with Crippen molar-refractivity contribution in [2.45, 2.75) is 39.7 Å². The molecule has 1 rings (SSSR count). The van der Waals surface area contributed by atoms with Crippen LogP contribution in [-0.2, 0) is 0 Å². The zero-order valence-electron chi connectivity index (χ0n) is 10.7. The molecule has 2 nitrogen and oxygen atoms in total. The topological polar surface area (TPSA) is 38.0 Å². The van der Waals surface area contributed by atoms with Gasteiger partial charge in [-0.2, -0.15) is 0 Å². The quantitative estimate of drug-likeness (QED) is 0.723. The third-order valence-electron chi connectivity index (χ3n) is 3.11. The van der Waals surface area contributed by atoms with E-state index >= 15 is 0 Å². The van der Waals surface area contributed by atoms with E-state index in [1.165, 1.54) is 16.7 Å². The van der Waals surface area contributed by atoms with Crippen LogP contribution in [0.3, 0.4) is 0 Å². The minimum Gasteiger partial charge on any atom is -0.330 e. The van der Waals surface area contributed by atoms with Gasteiger partial charge in [-0.25, -0.2) is 0 Å². The molecule has 3 N–H and O–H groups in total. The molecule has 90 valence electrons. The Hall–Kier alpha value is -0.860. The molecule has 1 unspecified atom stereocenters. The van der Waals surface area contributed by atoms with Gasteiger partial charge in [0.1, 0.15) is 0 Å². The van der Waals surface area contributed by atoms with Crippen LogP contribution in [0.15, 0.2) is 18.2 Å². The monoisotopic (exact) mass is 220 g/mol. The fourth-order valence-electron chi connectivity index (χ4n) is 1.74. The molecule has 0 spiro atoms. The molecule has 0 saturated carbocycles. The lowest BCUT2D eigenvalue weighted by Crippen LogP contribution is -2.20. The molecule has 1 aromatic carbocycles. The fraction of sp³-hybridized carbons (Fsp3) is 0.571. The second-order valence-electron chi connectivity index (χ2n) is 4.52. The molecule has 0 heterocycles. The summed E-state index contributed by atoms with van der Waals surface area (Å²) >= 11 is 0. The molecule has 2 heteroatoms. The highest BCUT2D eigenvalue weighted by Crippen LogP contribution is 2.16. The number of hydrogen-bond donors (Lipinski definition) is 2. The van der Waals surface area contributed by atoms with E-state index in [0.29, 0.717) is 6.04 Å². The lowest BCUT2D eigenvalue weighted by molar-refractivity contribution is 0.548. The highest BCUT2D eigenvalue weighted by Gasteiger charge is 2.04. The number of aryl methyl sites for hydroxylation is 2. The van der Waals surface area contributed by atoms with E-state index in [9.17, 15) is 0 Å². The molecule has 0 aliphatic carbocycles. The molecule has 16 heavy (non-hydrogen) atoms. The van der Waals surface area contributed by atoms with Gasteiger partial charge in [-0.3, -0.25) is 0 Å². The maximum absolute atomic E-state index is 5.47. The minimum atomic E-state index is 0.428. The van der Waals surface area contributed by atoms with Gasteiger partial charge in [0.15, 0.2) is 0 Å². The molecule has 0 fully saturated rings. The first kappa shape index (κ1) is 13.2. The SMILES string of the molecule is Cc1ccc(C(C)NCCCCN)cc1C. The molecule has 0 aliphatic heterocycles. The lowest BCUT2D eigenvalue weighted by atomic mass is 10.0. The normalized spacial score (nSPS) is 12.8. The Morgan fingerprint density at radius 3 is 2.56 bits per heavy atom. The Bertz CT molecular complexity index is 321. The van der Waals surface area contributed by atoms with Crippen LogP contribution in [0.1, 0.15) is 42.5 Å². The molecule has 0 radical (unpaired) electrons. The molecule has 0 aromatic heterocycles. The number of benzene rings is 1. The first-order valence-electron chi connectivity index (χ1n) is 6.15. The zero-order chi connectivity index (χ0) is 12.0. The van der Waals surface area contributed by atoms with E-state index in [1.54, 1.807) is 0 Å². The van der Waals surface area contributed by atoms with Gasteiger partial charge in [0, 0.05) is 6.04 Å². The zero-order valence-corrected chi connectivity index (χ0v) is 10.7. The summed E-state index contributed by atoms with van der Waals surface area (Å²) < 4.78 is 0. The Kier molecular flexibility index (Phi) is 5.50. The first-order valence-corrected chi connectivity index (χ1v) is 6.15. The minimum absolute atomic E-state index is 0.428. The van der Waals surface area contributed by atoms with Crippen LogP contribution in [0.25, 0.3) is 0 Å². The van der Waals surface area contributed by atoms with E-state index in [1.807, 2.05) is 0 Å². The molecule has 0 bridgehead atoms. The molecule has 0 aliphatic rings. The Balaban J connectivity index is 2.46. The van der Waals surface area contributed by atoms with Gasteiger partial charge in [0.05, 0.1) is 0 Å². The average Bonchev–Trinajstić information content (AvgIpc) is 2.28. The lowest BCUT2D eigenvalue weighted by Gasteiger charge is -2.15. The Morgan fingerprint density at radius 1 is 1.19 bits per heavy atom. The maximum atomic E-state index is 5.47. The molecule has 1 atom stereocenters. The van der Waals surface area contributed by atoms with Crippen molar-refractivity contribution in [3.05, 3.63) is 34.9 Å². The summed E-state index contributed by atoms with van der Waals surface area (Å²) in [5, 5.41) is 3.52. The molecule has 1 aromatic rings. The van der Waals surface area contributed by atoms with Gasteiger partial charge in [-0.15, -0.1) is 0 Å². The van der Waals surface area contributed by atoms with Crippen molar-refractivity contribution >= 4 is 0 Å². The first-order chi connectivity index (χ1) is 7.65. The average molecular weight is 220 g/mol. The molecule has 0 saturated heterocycles. The second kappa shape index (κ2) is 6.66. The summed E-state index contributed by atoms with van der Waals surface area (Å²) in [4.78, 5) is 0. The largest absolute Gasteiger partial charge is 0.330 e. The third kappa shape index (κ3) is 3.95. The van der Waals surface area contributed by atoms with Crippen molar-refractivity contribution in [2.24, 2.45) is 5.73 Å². The van der Waals surface area contributed by atoms with E-state index in [2.05, 4.69) is 44.3 Å². The molecular weight excluding hydrogens is 196 g/mol. The standard InChI is InChI=1S/C14H24N2/c1-11-6-7-14(10-12(11)2)13(3)16-9-5-4-8-15/h6-7,10,13,16H,4-5,8-9,15H2,1-3H3. The van der Waals surface area contributed by atoms with Crippen LogP contribution in [0.5, 0.6) is 0 Å². The van der Waals surface area contributed by atoms with Crippen molar-refractivity contribution in [3.63, 3.8) is 0 Å². The van der Waals surface area contributed by atoms with Gasteiger partial charge >= 0.3 is 0 Å². The highest BCUT2D eigenvalue weighted by molar-refractivity contribution is 5.31. The van der Waals surface area contributed by atoms with E-state index < -0.39 is 0 Å². The summed E-state index contributed by atoms with van der Waals surface area (Å²) in [6, 6.07) is 7.11. The van der Waals surface area contributed by atoms with Crippen molar-refractivity contribution in [3.8, 4) is 0 Å². The van der Waals surface area contributed by atoms with E-state index in [4.69, 9.17) is 5.73 Å². The van der Waals surface area contributed by atoms with Gasteiger partial charge in [0.25, 0.3) is 0 Å². The molecule has 0 amide bonds. The van der Waals surface area contributed by atoms with Gasteiger partial charge in [0.2, 0.25) is 0 Å². The Morgan fingerprint density at radius 2 is 1.94 bits per heavy atom. The molecular formula is C14H24N2. The van der Waals surface area contributed by atoms with Crippen LogP contribution in [0.4, 0.5) is 0 Å². The predicted molar refractivity (Wildman–Crippen MR) is 70.6 cm³/mol. The smallest absolute Gasteiger partial charge is 0.0291 e. The van der Waals surface area contributed by atoms with Crippen LogP contribution < -0.4 is 11.1 Å². The van der Waals surface area contributed by atoms with Crippen LogP contribution in [0.2, 0.25) is 0 Å². The maximum Gasteiger partial charge on any atom is 0.0291 e. The number of rotatable bonds is 6. The van der Waals surface area contributed by atoms with Crippen molar-refractivity contribution in [1.29, 1.82) is 0 Å². The number of nitrogens with two attached hydrogens (primary N) is 1. The van der Waals surface area contributed by atoms with Gasteiger partial charge in [-0.1, -0.05) is 18.2 Å². The van der Waals surface area contributed by atoms with Crippen molar-refractivity contribution in [1.82, 2.24) is 5.32 Å². The van der Waals surface area contributed by atoms with E-state index in [0.717, 1.165) is 25.9 Å². The van der Waals surface area contributed by atoms with Crippen LogP contribution in [-0.4, -0.2) is 13.1 Å². The van der Waals surface area contributed by atoms with Crippen LogP contribution >= 0.6 is 0 Å². The summed E-state index contributed by atoms with van der Waals surface area (Å²) in [5.41, 5.74) is 9.57. The van der Waals surface area contributed by atoms with E-state index in [-0.39, 0.29) is 0 Å². The fourth-order valence-corrected chi connectivity index (χ4v) is 1.74. The third-order valence-corrected chi connectivity index (χ3v) is 3.11. The number of hydrogen-bond acceptors (Lipinski definition) is 2. The van der Waals surface area contributed by atoms with Crippen molar-refractivity contribution < 1.29 is 0 Å². The highest BCUT2D eigenvalue weighted by atomic mass is 14.9. The van der Waals surface area contributed by atoms with Gasteiger partial charge < -0.3 is 11.1 Å². The van der Waals surface area contributed by atoms with Crippen molar-refractivity contribution in [2.75, 3.05) is 13.1 Å². The summed E-state index contributed by atoms with van der Waals surface area (Å²) in [6.07, 6.45) is 2.26. The van der Waals surface area contributed by atoms with Crippen LogP contribution in [0, 0.1) is 13.8 Å². The van der Waals surface area contributed by atoms with Gasteiger partial charge in [-0.05, 0) is 63.4 Å². The number of unbranched alkanes of at least 4 members (excludes halogenated alkanes) is 1. The summed E-state index contributed by atoms with van der Waals surface area (Å²) in [6.45, 7) is 8.37. The predicted octanol–water partition coefficient (Wildman–Crippen LogP) is 2.69.